The van der Waals surface area contributed by atoms with Crippen LogP contribution in [-0.2, 0) is 5.88 Å². The molecule has 0 heterocycles. The summed E-state index contributed by atoms with van der Waals surface area (Å²) in [5, 5.41) is 0. The third-order valence-electron chi connectivity index (χ3n) is 3.14. The van der Waals surface area contributed by atoms with Gasteiger partial charge in [-0.3, -0.25) is 0 Å². The number of hydrogen-bond donors (Lipinski definition) is 0. The topological polar surface area (TPSA) is 3.24 Å². The molecule has 16 heavy (non-hydrogen) atoms. The Morgan fingerprint density at radius 3 is 2.44 bits per heavy atom. The molecule has 0 fully saturated rings. The first-order valence-corrected chi connectivity index (χ1v) is 6.08. The number of benzene rings is 1. The van der Waals surface area contributed by atoms with Crippen LogP contribution in [0.5, 0.6) is 0 Å². The van der Waals surface area contributed by atoms with Gasteiger partial charge in [0.25, 0.3) is 0 Å². The van der Waals surface area contributed by atoms with Crippen LogP contribution >= 0.6 is 11.6 Å². The van der Waals surface area contributed by atoms with Gasteiger partial charge in [0, 0.05) is 19.0 Å². The van der Waals surface area contributed by atoms with Crippen LogP contribution in [0.25, 0.3) is 0 Å². The zero-order valence-electron chi connectivity index (χ0n) is 10.3. The van der Waals surface area contributed by atoms with Crippen molar-refractivity contribution in [2.75, 3.05) is 11.9 Å². The molecular formula is C13H19ClFN. The van der Waals surface area contributed by atoms with Gasteiger partial charge in [-0.15, -0.1) is 11.6 Å². The van der Waals surface area contributed by atoms with Gasteiger partial charge in [-0.1, -0.05) is 26.0 Å². The number of hydrogen-bond acceptors (Lipinski definition) is 1. The molecule has 90 valence electrons. The van der Waals surface area contributed by atoms with Crippen LogP contribution in [-0.4, -0.2) is 13.1 Å². The summed E-state index contributed by atoms with van der Waals surface area (Å²) < 4.78 is 13.8. The van der Waals surface area contributed by atoms with Gasteiger partial charge in [-0.25, -0.2) is 4.39 Å². The summed E-state index contributed by atoms with van der Waals surface area (Å²) in [5.74, 6) is 0.600. The quantitative estimate of drug-likeness (QED) is 0.722. The molecular weight excluding hydrogens is 225 g/mol. The van der Waals surface area contributed by atoms with Crippen molar-refractivity contribution in [2.45, 2.75) is 32.7 Å². The summed E-state index contributed by atoms with van der Waals surface area (Å²) in [5.41, 5.74) is 1.47. The Morgan fingerprint density at radius 2 is 1.94 bits per heavy atom. The lowest BCUT2D eigenvalue weighted by molar-refractivity contribution is 0.496. The SMILES string of the molecule is CC(C)C(C)N(C)c1c(F)cccc1CCl. The molecule has 0 spiro atoms. The van der Waals surface area contributed by atoms with Crippen molar-refractivity contribution in [3.63, 3.8) is 0 Å². The molecule has 0 N–H and O–H groups in total. The second-order valence-electron chi connectivity index (χ2n) is 4.48. The lowest BCUT2D eigenvalue weighted by Crippen LogP contribution is -2.34. The van der Waals surface area contributed by atoms with Gasteiger partial charge >= 0.3 is 0 Å². The molecule has 3 heteroatoms. The fourth-order valence-corrected chi connectivity index (χ4v) is 1.93. The molecule has 0 aliphatic rings. The minimum atomic E-state index is -0.201. The number of rotatable bonds is 4. The predicted octanol–water partition coefficient (Wildman–Crippen LogP) is 4.05. The summed E-state index contributed by atoms with van der Waals surface area (Å²) >= 11 is 5.84. The van der Waals surface area contributed by atoms with Gasteiger partial charge in [-0.05, 0) is 24.5 Å². The third-order valence-corrected chi connectivity index (χ3v) is 3.43. The normalized spacial score (nSPS) is 12.9. The van der Waals surface area contributed by atoms with E-state index < -0.39 is 0 Å². The molecule has 0 amide bonds. The van der Waals surface area contributed by atoms with Gasteiger partial charge in [0.05, 0.1) is 5.69 Å². The molecule has 0 aliphatic carbocycles. The Morgan fingerprint density at radius 1 is 1.31 bits per heavy atom. The molecule has 1 rings (SSSR count). The average molecular weight is 244 g/mol. The van der Waals surface area contributed by atoms with Crippen LogP contribution in [0.15, 0.2) is 18.2 Å². The fourth-order valence-electron chi connectivity index (χ4n) is 1.71. The second kappa shape index (κ2) is 5.53. The van der Waals surface area contributed by atoms with Crippen LogP contribution in [0.2, 0.25) is 0 Å². The Balaban J connectivity index is 3.11. The molecule has 0 aliphatic heterocycles. The maximum atomic E-state index is 13.8. The van der Waals surface area contributed by atoms with E-state index in [0.29, 0.717) is 17.5 Å². The minimum Gasteiger partial charge on any atom is -0.369 e. The summed E-state index contributed by atoms with van der Waals surface area (Å²) in [6.07, 6.45) is 0. The Hall–Kier alpha value is -0.760. The average Bonchev–Trinajstić information content (AvgIpc) is 2.26. The predicted molar refractivity (Wildman–Crippen MR) is 68.7 cm³/mol. The molecule has 0 saturated carbocycles. The van der Waals surface area contributed by atoms with Gasteiger partial charge in [0.2, 0.25) is 0 Å². The number of halogens is 2. The molecule has 1 aromatic rings. The Kier molecular flexibility index (Phi) is 4.60. The van der Waals surface area contributed by atoms with Crippen LogP contribution in [0.3, 0.4) is 0 Å². The summed E-state index contributed by atoms with van der Waals surface area (Å²) in [6, 6.07) is 5.33. The van der Waals surface area contributed by atoms with Crippen molar-refractivity contribution in [2.24, 2.45) is 5.92 Å². The molecule has 0 aromatic heterocycles. The van der Waals surface area contributed by atoms with E-state index in [4.69, 9.17) is 11.6 Å². The second-order valence-corrected chi connectivity index (χ2v) is 4.74. The number of alkyl halides is 1. The van der Waals surface area contributed by atoms with Gasteiger partial charge in [0.15, 0.2) is 0 Å². The molecule has 0 saturated heterocycles. The minimum absolute atomic E-state index is 0.201. The lowest BCUT2D eigenvalue weighted by Gasteiger charge is -2.31. The van der Waals surface area contributed by atoms with E-state index in [2.05, 4.69) is 20.8 Å². The van der Waals surface area contributed by atoms with Crippen LogP contribution in [0.1, 0.15) is 26.3 Å². The monoisotopic (exact) mass is 243 g/mol. The van der Waals surface area contributed by atoms with Crippen LogP contribution < -0.4 is 4.90 Å². The van der Waals surface area contributed by atoms with Gasteiger partial charge in [-0.2, -0.15) is 0 Å². The maximum absolute atomic E-state index is 13.8. The van der Waals surface area contributed by atoms with Crippen LogP contribution in [0, 0.1) is 11.7 Å². The number of anilines is 1. The van der Waals surface area contributed by atoms with Crippen molar-refractivity contribution in [1.82, 2.24) is 0 Å². The highest BCUT2D eigenvalue weighted by Crippen LogP contribution is 2.28. The van der Waals surface area contributed by atoms with E-state index >= 15 is 0 Å². The zero-order valence-corrected chi connectivity index (χ0v) is 11.1. The van der Waals surface area contributed by atoms with Gasteiger partial charge in [0.1, 0.15) is 5.82 Å². The molecule has 1 aromatic carbocycles. The molecule has 1 nitrogen and oxygen atoms in total. The van der Waals surface area contributed by atoms with E-state index in [1.807, 2.05) is 18.0 Å². The zero-order chi connectivity index (χ0) is 12.3. The van der Waals surface area contributed by atoms with E-state index in [9.17, 15) is 4.39 Å². The number of nitrogens with zero attached hydrogens (tertiary/aromatic N) is 1. The summed E-state index contributed by atoms with van der Waals surface area (Å²) in [7, 11) is 1.92. The smallest absolute Gasteiger partial charge is 0.146 e. The first-order chi connectivity index (χ1) is 7.49. The van der Waals surface area contributed by atoms with Crippen molar-refractivity contribution >= 4 is 17.3 Å². The highest BCUT2D eigenvalue weighted by molar-refractivity contribution is 6.17. The molecule has 1 unspecified atom stereocenters. The van der Waals surface area contributed by atoms with E-state index in [-0.39, 0.29) is 11.9 Å². The first-order valence-electron chi connectivity index (χ1n) is 5.55. The maximum Gasteiger partial charge on any atom is 0.146 e. The largest absolute Gasteiger partial charge is 0.369 e. The van der Waals surface area contributed by atoms with E-state index in [1.165, 1.54) is 6.07 Å². The lowest BCUT2D eigenvalue weighted by atomic mass is 10.0. The van der Waals surface area contributed by atoms with Crippen LogP contribution in [0.4, 0.5) is 10.1 Å². The van der Waals surface area contributed by atoms with E-state index in [0.717, 1.165) is 5.56 Å². The van der Waals surface area contributed by atoms with E-state index in [1.54, 1.807) is 6.07 Å². The van der Waals surface area contributed by atoms with Crippen molar-refractivity contribution < 1.29 is 4.39 Å². The molecule has 0 bridgehead atoms. The number of para-hydroxylation sites is 1. The first kappa shape index (κ1) is 13.3. The third kappa shape index (κ3) is 2.67. The fraction of sp³-hybridized carbons (Fsp3) is 0.538. The Bertz CT molecular complexity index is 352. The van der Waals surface area contributed by atoms with Crippen molar-refractivity contribution in [3.05, 3.63) is 29.6 Å². The summed E-state index contributed by atoms with van der Waals surface area (Å²) in [4.78, 5) is 1.97. The highest BCUT2D eigenvalue weighted by atomic mass is 35.5. The molecule has 1 atom stereocenters. The van der Waals surface area contributed by atoms with Gasteiger partial charge < -0.3 is 4.90 Å². The standard InChI is InChI=1S/C13H19ClFN/c1-9(2)10(3)16(4)13-11(8-14)6-5-7-12(13)15/h5-7,9-10H,8H2,1-4H3. The van der Waals surface area contributed by atoms with Crippen molar-refractivity contribution in [1.29, 1.82) is 0 Å². The van der Waals surface area contributed by atoms with Crippen molar-refractivity contribution in [3.8, 4) is 0 Å². The molecule has 0 radical (unpaired) electrons. The highest BCUT2D eigenvalue weighted by Gasteiger charge is 2.19. The Labute approximate surface area is 102 Å². The summed E-state index contributed by atoms with van der Waals surface area (Å²) in [6.45, 7) is 6.35.